The number of carbonyl (C=O) groups excluding carboxylic acids is 3. The molecule has 1 aliphatic rings. The summed E-state index contributed by atoms with van der Waals surface area (Å²) >= 11 is 0.946. The number of aromatic nitrogens is 1. The number of hydrogen-bond donors (Lipinski definition) is 1. The van der Waals surface area contributed by atoms with Gasteiger partial charge in [0.05, 0.1) is 37.6 Å². The van der Waals surface area contributed by atoms with E-state index in [1.165, 1.54) is 12.0 Å². The Morgan fingerprint density at radius 3 is 2.26 bits per heavy atom. The van der Waals surface area contributed by atoms with Crippen LogP contribution in [0.3, 0.4) is 0 Å². The van der Waals surface area contributed by atoms with Gasteiger partial charge in [-0.25, -0.2) is 9.78 Å². The molecule has 0 bridgehead atoms. The number of aryl methyl sites for hydroxylation is 1. The number of rotatable bonds is 9. The van der Waals surface area contributed by atoms with Crippen LogP contribution in [0.25, 0.3) is 5.76 Å². The number of aliphatic hydroxyl groups is 1. The van der Waals surface area contributed by atoms with Crippen LogP contribution >= 0.6 is 11.3 Å². The second-order valence-corrected chi connectivity index (χ2v) is 9.42. The van der Waals surface area contributed by atoms with Gasteiger partial charge in [-0.05, 0) is 62.2 Å². The third-order valence-corrected chi connectivity index (χ3v) is 7.05. The first-order chi connectivity index (χ1) is 18.3. The summed E-state index contributed by atoms with van der Waals surface area (Å²) in [7, 11) is 1.26. The maximum Gasteiger partial charge on any atom is 0.350 e. The van der Waals surface area contributed by atoms with E-state index < -0.39 is 23.7 Å². The van der Waals surface area contributed by atoms with Gasteiger partial charge in [-0.2, -0.15) is 0 Å². The highest BCUT2D eigenvalue weighted by Crippen LogP contribution is 2.44. The van der Waals surface area contributed by atoms with E-state index in [2.05, 4.69) is 4.98 Å². The lowest BCUT2D eigenvalue weighted by Gasteiger charge is -2.23. The summed E-state index contributed by atoms with van der Waals surface area (Å²) in [6.07, 6.45) is 0.848. The smallest absolute Gasteiger partial charge is 0.350 e. The molecular weight excluding hydrogens is 508 g/mol. The number of Topliss-reactive ketones (excluding diaryl/α,β-unsaturated/α-hetero) is 1. The molecule has 1 aliphatic heterocycles. The average Bonchev–Trinajstić information content (AvgIpc) is 3.44. The summed E-state index contributed by atoms with van der Waals surface area (Å²) < 4.78 is 16.0. The maximum absolute atomic E-state index is 13.4. The molecule has 1 saturated heterocycles. The van der Waals surface area contributed by atoms with Gasteiger partial charge in [0.1, 0.15) is 22.1 Å². The molecule has 10 heteroatoms. The van der Waals surface area contributed by atoms with Crippen molar-refractivity contribution in [3.05, 3.63) is 75.8 Å². The van der Waals surface area contributed by atoms with Crippen LogP contribution in [0, 0.1) is 6.92 Å². The summed E-state index contributed by atoms with van der Waals surface area (Å²) in [5, 5.41) is 11.5. The molecule has 9 nitrogen and oxygen atoms in total. The molecule has 0 saturated carbocycles. The number of nitrogens with zero attached hydrogens (tertiary/aromatic N) is 2. The first-order valence-electron chi connectivity index (χ1n) is 12.1. The van der Waals surface area contributed by atoms with Crippen LogP contribution in [0.15, 0.2) is 54.1 Å². The lowest BCUT2D eigenvalue weighted by atomic mass is 9.95. The number of anilines is 1. The lowest BCUT2D eigenvalue weighted by molar-refractivity contribution is -0.132. The highest BCUT2D eigenvalue weighted by atomic mass is 32.1. The van der Waals surface area contributed by atoms with Crippen molar-refractivity contribution in [3.63, 3.8) is 0 Å². The summed E-state index contributed by atoms with van der Waals surface area (Å²) in [6.45, 7) is 6.51. The summed E-state index contributed by atoms with van der Waals surface area (Å²) in [5.74, 6) is -1.40. The normalized spacial score (nSPS) is 16.5. The lowest BCUT2D eigenvalue weighted by Crippen LogP contribution is -2.29. The molecule has 1 atom stereocenters. The number of aliphatic hydroxyl groups excluding tert-OH is 1. The van der Waals surface area contributed by atoms with Crippen LogP contribution in [0.2, 0.25) is 0 Å². The Bertz CT molecular complexity index is 1380. The van der Waals surface area contributed by atoms with E-state index in [1.807, 2.05) is 13.8 Å². The minimum atomic E-state index is -0.988. The molecule has 4 rings (SSSR count). The van der Waals surface area contributed by atoms with Crippen molar-refractivity contribution in [3.8, 4) is 11.5 Å². The van der Waals surface area contributed by atoms with E-state index in [-0.39, 0.29) is 21.3 Å². The molecule has 0 spiro atoms. The molecule has 198 valence electrons. The first kappa shape index (κ1) is 26.9. The molecular formula is C28H28N2O7S. The van der Waals surface area contributed by atoms with Crippen LogP contribution in [-0.2, 0) is 14.3 Å². The van der Waals surface area contributed by atoms with Gasteiger partial charge in [-0.15, -0.1) is 0 Å². The largest absolute Gasteiger partial charge is 0.507 e. The molecule has 1 amide bonds. The standard InChI is InChI=1S/C28H28N2O7S/c1-5-15-37-20-13-9-18(10-14-20)23(31)21-22(17-7-11-19(12-8-17)36-6-2)30(26(33)24(21)32)28-29-16(3)25(38-28)27(34)35-4/h7-14,22,31H,5-6,15H2,1-4H3/b23-21+. The van der Waals surface area contributed by atoms with E-state index in [0.717, 1.165) is 17.8 Å². The highest BCUT2D eigenvalue weighted by molar-refractivity contribution is 7.17. The van der Waals surface area contributed by atoms with Crippen molar-refractivity contribution in [2.45, 2.75) is 33.2 Å². The predicted octanol–water partition coefficient (Wildman–Crippen LogP) is 5.05. The summed E-state index contributed by atoms with van der Waals surface area (Å²) in [4.78, 5) is 44.8. The van der Waals surface area contributed by atoms with Crippen LogP contribution in [0.4, 0.5) is 5.13 Å². The minimum absolute atomic E-state index is 0.0890. The Hall–Kier alpha value is -4.18. The number of hydrogen-bond acceptors (Lipinski definition) is 9. The number of thiazole rings is 1. The topological polar surface area (TPSA) is 115 Å². The van der Waals surface area contributed by atoms with Crippen LogP contribution in [-0.4, -0.2) is 48.1 Å². The first-order valence-corrected chi connectivity index (χ1v) is 12.9. The van der Waals surface area contributed by atoms with Gasteiger partial charge < -0.3 is 19.3 Å². The highest BCUT2D eigenvalue weighted by Gasteiger charge is 2.48. The second-order valence-electron chi connectivity index (χ2n) is 8.45. The van der Waals surface area contributed by atoms with E-state index in [0.29, 0.717) is 41.5 Å². The molecule has 1 N–H and O–H groups in total. The Labute approximate surface area is 224 Å². The molecule has 0 aliphatic carbocycles. The van der Waals surface area contributed by atoms with E-state index in [4.69, 9.17) is 14.2 Å². The fourth-order valence-electron chi connectivity index (χ4n) is 4.11. The Balaban J connectivity index is 1.85. The molecule has 2 aromatic carbocycles. The fraction of sp³-hybridized carbons (Fsp3) is 0.286. The van der Waals surface area contributed by atoms with Crippen molar-refractivity contribution in [2.24, 2.45) is 0 Å². The van der Waals surface area contributed by atoms with Crippen molar-refractivity contribution < 1.29 is 33.7 Å². The van der Waals surface area contributed by atoms with Gasteiger partial charge in [0, 0.05) is 5.56 Å². The third kappa shape index (κ3) is 5.12. The summed E-state index contributed by atoms with van der Waals surface area (Å²) in [5.41, 5.74) is 1.19. The SMILES string of the molecule is CCCOc1ccc(/C(O)=C2\C(=O)C(=O)N(c3nc(C)c(C(=O)OC)s3)C2c2ccc(OCC)cc2)cc1. The van der Waals surface area contributed by atoms with Crippen molar-refractivity contribution in [1.82, 2.24) is 4.98 Å². The molecule has 1 unspecified atom stereocenters. The Morgan fingerprint density at radius 1 is 1.03 bits per heavy atom. The Kier molecular flexibility index (Phi) is 8.11. The average molecular weight is 537 g/mol. The van der Waals surface area contributed by atoms with Crippen LogP contribution in [0.1, 0.15) is 52.8 Å². The van der Waals surface area contributed by atoms with Gasteiger partial charge in [0.2, 0.25) is 0 Å². The fourth-order valence-corrected chi connectivity index (χ4v) is 5.12. The molecule has 3 aromatic rings. The minimum Gasteiger partial charge on any atom is -0.507 e. The van der Waals surface area contributed by atoms with Crippen molar-refractivity contribution >= 4 is 39.9 Å². The number of carbonyl (C=O) groups is 3. The molecule has 38 heavy (non-hydrogen) atoms. The molecule has 0 radical (unpaired) electrons. The zero-order chi connectivity index (χ0) is 27.4. The number of amides is 1. The second kappa shape index (κ2) is 11.5. The van der Waals surface area contributed by atoms with Gasteiger partial charge >= 0.3 is 11.9 Å². The van der Waals surface area contributed by atoms with E-state index >= 15 is 0 Å². The zero-order valence-electron chi connectivity index (χ0n) is 21.5. The number of esters is 1. The number of benzene rings is 2. The molecule has 1 aromatic heterocycles. The van der Waals surface area contributed by atoms with Crippen LogP contribution in [0.5, 0.6) is 11.5 Å². The quantitative estimate of drug-likeness (QED) is 0.175. The number of ether oxygens (including phenoxy) is 3. The van der Waals surface area contributed by atoms with Crippen molar-refractivity contribution in [2.75, 3.05) is 25.2 Å². The summed E-state index contributed by atoms with van der Waals surface area (Å²) in [6, 6.07) is 12.6. The van der Waals surface area contributed by atoms with Gasteiger partial charge in [-0.3, -0.25) is 14.5 Å². The predicted molar refractivity (Wildman–Crippen MR) is 143 cm³/mol. The van der Waals surface area contributed by atoms with Crippen molar-refractivity contribution in [1.29, 1.82) is 0 Å². The van der Waals surface area contributed by atoms with Gasteiger partial charge in [0.25, 0.3) is 5.78 Å². The monoisotopic (exact) mass is 536 g/mol. The van der Waals surface area contributed by atoms with Crippen LogP contribution < -0.4 is 14.4 Å². The van der Waals surface area contributed by atoms with E-state index in [9.17, 15) is 19.5 Å². The zero-order valence-corrected chi connectivity index (χ0v) is 22.3. The number of ketones is 1. The number of methoxy groups -OCH3 is 1. The Morgan fingerprint density at radius 2 is 1.66 bits per heavy atom. The molecule has 1 fully saturated rings. The van der Waals surface area contributed by atoms with Gasteiger partial charge in [0.15, 0.2) is 5.13 Å². The molecule has 2 heterocycles. The third-order valence-electron chi connectivity index (χ3n) is 5.91. The van der Waals surface area contributed by atoms with E-state index in [1.54, 1.807) is 55.5 Å². The maximum atomic E-state index is 13.4. The van der Waals surface area contributed by atoms with Gasteiger partial charge in [-0.1, -0.05) is 30.4 Å².